The third kappa shape index (κ3) is 2.99. The van der Waals surface area contributed by atoms with Crippen molar-refractivity contribution in [3.8, 4) is 0 Å². The van der Waals surface area contributed by atoms with Gasteiger partial charge in [0.25, 0.3) is 0 Å². The van der Waals surface area contributed by atoms with Crippen molar-refractivity contribution in [2.75, 3.05) is 11.9 Å². The van der Waals surface area contributed by atoms with Gasteiger partial charge in [-0.25, -0.2) is 4.79 Å². The minimum Gasteiger partial charge on any atom is -0.338 e. The standard InChI is InChI=1S/C14H20N2O/c1-2-10-15-14(17)16-13-9-5-7-11-6-3-4-8-12(11)13/h5,7,9H,2-4,6,8,10H2,1H3,(H2,15,16,17). The van der Waals surface area contributed by atoms with Crippen molar-refractivity contribution in [3.05, 3.63) is 29.3 Å². The largest absolute Gasteiger partial charge is 0.338 e. The maximum atomic E-state index is 11.6. The highest BCUT2D eigenvalue weighted by Gasteiger charge is 2.13. The second kappa shape index (κ2) is 5.71. The van der Waals surface area contributed by atoms with Crippen LogP contribution < -0.4 is 10.6 Å². The van der Waals surface area contributed by atoms with Crippen molar-refractivity contribution >= 4 is 11.7 Å². The average Bonchev–Trinajstić information content (AvgIpc) is 2.37. The van der Waals surface area contributed by atoms with Gasteiger partial charge in [-0.3, -0.25) is 0 Å². The van der Waals surface area contributed by atoms with Crippen LogP contribution in [0.1, 0.15) is 37.3 Å². The van der Waals surface area contributed by atoms with Crippen molar-refractivity contribution < 1.29 is 4.79 Å². The first-order chi connectivity index (χ1) is 8.31. The molecular formula is C14H20N2O. The van der Waals surface area contributed by atoms with Crippen LogP contribution >= 0.6 is 0 Å². The molecule has 2 N–H and O–H groups in total. The van der Waals surface area contributed by atoms with Crippen LogP contribution in [0.25, 0.3) is 0 Å². The number of anilines is 1. The second-order valence-corrected chi connectivity index (χ2v) is 4.53. The fraction of sp³-hybridized carbons (Fsp3) is 0.500. The van der Waals surface area contributed by atoms with E-state index in [1.165, 1.54) is 24.0 Å². The summed E-state index contributed by atoms with van der Waals surface area (Å²) in [5, 5.41) is 5.79. The van der Waals surface area contributed by atoms with Crippen molar-refractivity contribution in [1.29, 1.82) is 0 Å². The molecule has 1 aliphatic carbocycles. The van der Waals surface area contributed by atoms with Gasteiger partial charge < -0.3 is 10.6 Å². The summed E-state index contributed by atoms with van der Waals surface area (Å²) in [6.45, 7) is 2.77. The number of urea groups is 1. The van der Waals surface area contributed by atoms with E-state index in [-0.39, 0.29) is 6.03 Å². The first-order valence-corrected chi connectivity index (χ1v) is 6.47. The van der Waals surface area contributed by atoms with Crippen molar-refractivity contribution in [3.63, 3.8) is 0 Å². The van der Waals surface area contributed by atoms with Gasteiger partial charge in [-0.15, -0.1) is 0 Å². The van der Waals surface area contributed by atoms with Gasteiger partial charge in [0.05, 0.1) is 0 Å². The number of benzene rings is 1. The molecule has 0 bridgehead atoms. The highest BCUT2D eigenvalue weighted by atomic mass is 16.2. The number of fused-ring (bicyclic) bond motifs is 1. The second-order valence-electron chi connectivity index (χ2n) is 4.53. The lowest BCUT2D eigenvalue weighted by Gasteiger charge is -2.19. The molecule has 3 nitrogen and oxygen atoms in total. The molecule has 0 radical (unpaired) electrons. The third-order valence-corrected chi connectivity index (χ3v) is 3.18. The van der Waals surface area contributed by atoms with Crippen LogP contribution in [0.5, 0.6) is 0 Å². The maximum Gasteiger partial charge on any atom is 0.319 e. The highest BCUT2D eigenvalue weighted by molar-refractivity contribution is 5.90. The Labute approximate surface area is 103 Å². The van der Waals surface area contributed by atoms with Crippen molar-refractivity contribution in [2.24, 2.45) is 0 Å². The predicted octanol–water partition coefficient (Wildman–Crippen LogP) is 3.10. The molecule has 0 aliphatic heterocycles. The minimum atomic E-state index is -0.0918. The molecular weight excluding hydrogens is 212 g/mol. The van der Waals surface area contributed by atoms with E-state index in [4.69, 9.17) is 0 Å². The summed E-state index contributed by atoms with van der Waals surface area (Å²) < 4.78 is 0. The predicted molar refractivity (Wildman–Crippen MR) is 70.4 cm³/mol. The van der Waals surface area contributed by atoms with Crippen LogP contribution in [-0.4, -0.2) is 12.6 Å². The van der Waals surface area contributed by atoms with Gasteiger partial charge in [0.15, 0.2) is 0 Å². The number of hydrogen-bond acceptors (Lipinski definition) is 1. The first-order valence-electron chi connectivity index (χ1n) is 6.47. The maximum absolute atomic E-state index is 11.6. The van der Waals surface area contributed by atoms with E-state index < -0.39 is 0 Å². The Balaban J connectivity index is 2.08. The molecule has 92 valence electrons. The summed E-state index contributed by atoms with van der Waals surface area (Å²) in [5.74, 6) is 0. The number of hydrogen-bond donors (Lipinski definition) is 2. The number of carbonyl (C=O) groups excluding carboxylic acids is 1. The zero-order chi connectivity index (χ0) is 12.1. The van der Waals surface area contributed by atoms with E-state index in [1.54, 1.807) is 0 Å². The van der Waals surface area contributed by atoms with Crippen molar-refractivity contribution in [2.45, 2.75) is 39.0 Å². The average molecular weight is 232 g/mol. The Bertz CT molecular complexity index is 401. The molecule has 0 saturated carbocycles. The van der Waals surface area contributed by atoms with E-state index >= 15 is 0 Å². The number of rotatable bonds is 3. The summed E-state index contributed by atoms with van der Waals surface area (Å²) in [7, 11) is 0. The lowest BCUT2D eigenvalue weighted by atomic mass is 9.90. The summed E-state index contributed by atoms with van der Waals surface area (Å²) in [6.07, 6.45) is 5.67. The van der Waals surface area contributed by atoms with Crippen LogP contribution in [0.3, 0.4) is 0 Å². The summed E-state index contributed by atoms with van der Waals surface area (Å²) in [4.78, 5) is 11.6. The molecule has 3 heteroatoms. The molecule has 1 aromatic carbocycles. The Morgan fingerprint density at radius 3 is 2.94 bits per heavy atom. The Morgan fingerprint density at radius 2 is 2.12 bits per heavy atom. The summed E-state index contributed by atoms with van der Waals surface area (Å²) in [6, 6.07) is 6.10. The fourth-order valence-corrected chi connectivity index (χ4v) is 2.30. The molecule has 0 atom stereocenters. The molecule has 2 amide bonds. The SMILES string of the molecule is CCCNC(=O)Nc1cccc2c1CCCC2. The molecule has 0 spiro atoms. The molecule has 1 aromatic rings. The van der Waals surface area contributed by atoms with Gasteiger partial charge in [0.2, 0.25) is 0 Å². The zero-order valence-corrected chi connectivity index (χ0v) is 10.4. The first kappa shape index (κ1) is 12.0. The highest BCUT2D eigenvalue weighted by Crippen LogP contribution is 2.27. The Hall–Kier alpha value is -1.51. The third-order valence-electron chi connectivity index (χ3n) is 3.18. The van der Waals surface area contributed by atoms with Crippen LogP contribution in [0.4, 0.5) is 10.5 Å². The lowest BCUT2D eigenvalue weighted by molar-refractivity contribution is 0.252. The minimum absolute atomic E-state index is 0.0918. The van der Waals surface area contributed by atoms with Crippen molar-refractivity contribution in [1.82, 2.24) is 5.32 Å². The van der Waals surface area contributed by atoms with Crippen LogP contribution in [0.15, 0.2) is 18.2 Å². The van der Waals surface area contributed by atoms with Gasteiger partial charge in [-0.05, 0) is 49.3 Å². The Morgan fingerprint density at radius 1 is 1.29 bits per heavy atom. The Kier molecular flexibility index (Phi) is 4.02. The number of nitrogens with one attached hydrogen (secondary N) is 2. The van der Waals surface area contributed by atoms with E-state index in [0.29, 0.717) is 0 Å². The van der Waals surface area contributed by atoms with Gasteiger partial charge in [0.1, 0.15) is 0 Å². The number of carbonyl (C=O) groups is 1. The van der Waals surface area contributed by atoms with E-state index in [0.717, 1.165) is 31.5 Å². The number of amides is 2. The topological polar surface area (TPSA) is 41.1 Å². The molecule has 0 fully saturated rings. The lowest BCUT2D eigenvalue weighted by Crippen LogP contribution is -2.29. The fourth-order valence-electron chi connectivity index (χ4n) is 2.30. The quantitative estimate of drug-likeness (QED) is 0.826. The molecule has 0 unspecified atom stereocenters. The van der Waals surface area contributed by atoms with Gasteiger partial charge in [-0.2, -0.15) is 0 Å². The molecule has 2 rings (SSSR count). The van der Waals surface area contributed by atoms with Gasteiger partial charge in [-0.1, -0.05) is 19.1 Å². The smallest absolute Gasteiger partial charge is 0.319 e. The summed E-state index contributed by atoms with van der Waals surface area (Å²) in [5.41, 5.74) is 3.70. The normalized spacial score (nSPS) is 13.9. The van der Waals surface area contributed by atoms with Crippen LogP contribution in [-0.2, 0) is 12.8 Å². The molecule has 17 heavy (non-hydrogen) atoms. The monoisotopic (exact) mass is 232 g/mol. The molecule has 0 heterocycles. The van der Waals surface area contributed by atoms with Gasteiger partial charge >= 0.3 is 6.03 Å². The number of aryl methyl sites for hydroxylation is 1. The van der Waals surface area contributed by atoms with Crippen LogP contribution in [0, 0.1) is 0 Å². The van der Waals surface area contributed by atoms with Gasteiger partial charge in [0, 0.05) is 12.2 Å². The molecule has 1 aliphatic rings. The zero-order valence-electron chi connectivity index (χ0n) is 10.4. The molecule has 0 aromatic heterocycles. The van der Waals surface area contributed by atoms with E-state index in [2.05, 4.69) is 16.7 Å². The summed E-state index contributed by atoms with van der Waals surface area (Å²) >= 11 is 0. The molecule has 0 saturated heterocycles. The van der Waals surface area contributed by atoms with E-state index in [9.17, 15) is 4.79 Å². The van der Waals surface area contributed by atoms with Crippen LogP contribution in [0.2, 0.25) is 0 Å². The van der Waals surface area contributed by atoms with E-state index in [1.807, 2.05) is 19.1 Å².